The number of nitrogens with one attached hydrogen (secondary N) is 1. The summed E-state index contributed by atoms with van der Waals surface area (Å²) in [6, 6.07) is 0. The van der Waals surface area contributed by atoms with Crippen molar-refractivity contribution >= 4 is 11.9 Å². The van der Waals surface area contributed by atoms with E-state index in [0.717, 1.165) is 24.9 Å². The SMILES string of the molecule is CCn1cc(-c2[nH]ncc2C(=O)N2CCCC(c3nc(N(C)C)no3)C2)cn1. The highest BCUT2D eigenvalue weighted by atomic mass is 16.5. The average molecular weight is 384 g/mol. The smallest absolute Gasteiger partial charge is 0.265 e. The molecule has 0 saturated carbocycles. The van der Waals surface area contributed by atoms with Crippen molar-refractivity contribution in [2.75, 3.05) is 32.1 Å². The van der Waals surface area contributed by atoms with E-state index in [0.29, 0.717) is 36.2 Å². The molecular formula is C18H24N8O2. The Bertz CT molecular complexity index is 956. The number of H-pyrrole nitrogens is 1. The molecule has 4 heterocycles. The minimum Gasteiger partial charge on any atom is -0.344 e. The van der Waals surface area contributed by atoms with E-state index in [4.69, 9.17) is 4.52 Å². The summed E-state index contributed by atoms with van der Waals surface area (Å²) in [4.78, 5) is 21.3. The molecule has 4 rings (SSSR count). The van der Waals surface area contributed by atoms with Gasteiger partial charge in [-0.3, -0.25) is 14.6 Å². The van der Waals surface area contributed by atoms with Crippen LogP contribution in [-0.2, 0) is 6.54 Å². The van der Waals surface area contributed by atoms with Gasteiger partial charge in [-0.2, -0.15) is 15.2 Å². The van der Waals surface area contributed by atoms with E-state index < -0.39 is 0 Å². The highest BCUT2D eigenvalue weighted by molar-refractivity contribution is 5.99. The van der Waals surface area contributed by atoms with Crippen LogP contribution in [0.2, 0.25) is 0 Å². The molecular weight excluding hydrogens is 360 g/mol. The normalized spacial score (nSPS) is 17.1. The second kappa shape index (κ2) is 7.45. The summed E-state index contributed by atoms with van der Waals surface area (Å²) in [5, 5.41) is 15.3. The molecule has 0 spiro atoms. The van der Waals surface area contributed by atoms with Crippen molar-refractivity contribution in [1.82, 2.24) is 35.0 Å². The summed E-state index contributed by atoms with van der Waals surface area (Å²) in [5.41, 5.74) is 2.10. The fraction of sp³-hybridized carbons (Fsp3) is 0.500. The van der Waals surface area contributed by atoms with Crippen LogP contribution in [0.1, 0.15) is 41.9 Å². The lowest BCUT2D eigenvalue weighted by Gasteiger charge is -2.31. The fourth-order valence-corrected chi connectivity index (χ4v) is 3.44. The number of rotatable bonds is 5. The Balaban J connectivity index is 1.53. The largest absolute Gasteiger partial charge is 0.344 e. The molecule has 10 heteroatoms. The van der Waals surface area contributed by atoms with Gasteiger partial charge in [-0.25, -0.2) is 0 Å². The molecule has 1 aliphatic heterocycles. The zero-order valence-electron chi connectivity index (χ0n) is 16.3. The summed E-state index contributed by atoms with van der Waals surface area (Å²) in [6.45, 7) is 4.03. The van der Waals surface area contributed by atoms with E-state index in [1.54, 1.807) is 17.3 Å². The van der Waals surface area contributed by atoms with Gasteiger partial charge >= 0.3 is 0 Å². The van der Waals surface area contributed by atoms with Gasteiger partial charge in [-0.05, 0) is 24.9 Å². The van der Waals surface area contributed by atoms with Crippen LogP contribution in [0.5, 0.6) is 0 Å². The topological polar surface area (TPSA) is 109 Å². The van der Waals surface area contributed by atoms with E-state index >= 15 is 0 Å². The summed E-state index contributed by atoms with van der Waals surface area (Å²) in [5.74, 6) is 1.11. The summed E-state index contributed by atoms with van der Waals surface area (Å²) in [6.07, 6.45) is 7.04. The van der Waals surface area contributed by atoms with Crippen LogP contribution in [0.15, 0.2) is 23.1 Å². The van der Waals surface area contributed by atoms with E-state index in [-0.39, 0.29) is 11.8 Å². The third kappa shape index (κ3) is 3.37. The first-order chi connectivity index (χ1) is 13.6. The number of carbonyl (C=O) groups is 1. The van der Waals surface area contributed by atoms with Crippen molar-refractivity contribution in [3.05, 3.63) is 30.0 Å². The van der Waals surface area contributed by atoms with E-state index in [1.165, 1.54) is 0 Å². The number of amides is 1. The molecule has 28 heavy (non-hydrogen) atoms. The van der Waals surface area contributed by atoms with Gasteiger partial charge in [0.25, 0.3) is 11.9 Å². The van der Waals surface area contributed by atoms with Gasteiger partial charge in [0.05, 0.1) is 29.6 Å². The first kappa shape index (κ1) is 18.2. The van der Waals surface area contributed by atoms with Gasteiger partial charge in [0.1, 0.15) is 0 Å². The Morgan fingerprint density at radius 2 is 2.25 bits per heavy atom. The second-order valence-corrected chi connectivity index (χ2v) is 7.16. The van der Waals surface area contributed by atoms with Crippen LogP contribution in [0.25, 0.3) is 11.3 Å². The third-order valence-corrected chi connectivity index (χ3v) is 5.00. The van der Waals surface area contributed by atoms with Crippen molar-refractivity contribution in [1.29, 1.82) is 0 Å². The lowest BCUT2D eigenvalue weighted by Crippen LogP contribution is -2.39. The van der Waals surface area contributed by atoms with Gasteiger partial charge in [0, 0.05) is 45.5 Å². The van der Waals surface area contributed by atoms with Crippen molar-refractivity contribution in [3.8, 4) is 11.3 Å². The minimum atomic E-state index is -0.0509. The maximum Gasteiger partial charge on any atom is 0.265 e. The van der Waals surface area contributed by atoms with Gasteiger partial charge in [0.15, 0.2) is 0 Å². The van der Waals surface area contributed by atoms with Crippen LogP contribution >= 0.6 is 0 Å². The molecule has 0 bridgehead atoms. The van der Waals surface area contributed by atoms with Crippen LogP contribution in [0.3, 0.4) is 0 Å². The molecule has 148 valence electrons. The van der Waals surface area contributed by atoms with E-state index in [2.05, 4.69) is 25.4 Å². The summed E-state index contributed by atoms with van der Waals surface area (Å²) < 4.78 is 7.24. The molecule has 0 aromatic carbocycles. The molecule has 0 aliphatic carbocycles. The van der Waals surface area contributed by atoms with Crippen LogP contribution in [0, 0.1) is 0 Å². The Labute approximate surface area is 162 Å². The van der Waals surface area contributed by atoms with Crippen molar-refractivity contribution in [2.45, 2.75) is 32.2 Å². The maximum atomic E-state index is 13.2. The third-order valence-electron chi connectivity index (χ3n) is 5.00. The Morgan fingerprint density at radius 3 is 2.96 bits per heavy atom. The van der Waals surface area contributed by atoms with Crippen molar-refractivity contribution in [2.24, 2.45) is 0 Å². The number of hydrogen-bond donors (Lipinski definition) is 1. The van der Waals surface area contributed by atoms with Crippen LogP contribution in [0.4, 0.5) is 5.95 Å². The highest BCUT2D eigenvalue weighted by Gasteiger charge is 2.31. The number of hydrogen-bond acceptors (Lipinski definition) is 7. The molecule has 1 atom stereocenters. The molecule has 0 radical (unpaired) electrons. The monoisotopic (exact) mass is 384 g/mol. The number of aromatic nitrogens is 6. The Hall–Kier alpha value is -3.17. The lowest BCUT2D eigenvalue weighted by atomic mass is 9.97. The average Bonchev–Trinajstić information content (AvgIpc) is 3.47. The zero-order valence-corrected chi connectivity index (χ0v) is 16.3. The molecule has 3 aromatic heterocycles. The number of likely N-dealkylation sites (tertiary alicyclic amines) is 1. The maximum absolute atomic E-state index is 13.2. The number of anilines is 1. The van der Waals surface area contributed by atoms with Crippen LogP contribution < -0.4 is 4.90 Å². The first-order valence-corrected chi connectivity index (χ1v) is 9.43. The van der Waals surface area contributed by atoms with Gasteiger partial charge < -0.3 is 14.3 Å². The minimum absolute atomic E-state index is 0.0390. The molecule has 10 nitrogen and oxygen atoms in total. The standard InChI is InChI=1S/C18H24N8O2/c1-4-26-11-13(8-20-26)15-14(9-19-22-15)17(27)25-7-5-6-12(10-25)16-21-18(23-28-16)24(2)3/h8-9,11-12H,4-7,10H2,1-3H3,(H,19,22). The molecule has 1 aliphatic rings. The number of aryl methyl sites for hydroxylation is 1. The molecule has 1 N–H and O–H groups in total. The van der Waals surface area contributed by atoms with E-state index in [9.17, 15) is 4.79 Å². The molecule has 1 unspecified atom stereocenters. The quantitative estimate of drug-likeness (QED) is 0.714. The van der Waals surface area contributed by atoms with Gasteiger partial charge in [-0.15, -0.1) is 0 Å². The molecule has 1 saturated heterocycles. The predicted molar refractivity (Wildman–Crippen MR) is 102 cm³/mol. The highest BCUT2D eigenvalue weighted by Crippen LogP contribution is 2.29. The second-order valence-electron chi connectivity index (χ2n) is 7.16. The van der Waals surface area contributed by atoms with E-state index in [1.807, 2.05) is 36.8 Å². The van der Waals surface area contributed by atoms with Gasteiger partial charge in [-0.1, -0.05) is 0 Å². The van der Waals surface area contributed by atoms with Crippen molar-refractivity contribution in [3.63, 3.8) is 0 Å². The molecule has 3 aromatic rings. The summed E-state index contributed by atoms with van der Waals surface area (Å²) in [7, 11) is 3.74. The molecule has 1 amide bonds. The number of nitrogens with zero attached hydrogens (tertiary/aromatic N) is 7. The first-order valence-electron chi connectivity index (χ1n) is 9.43. The molecule has 1 fully saturated rings. The fourth-order valence-electron chi connectivity index (χ4n) is 3.44. The number of aromatic amines is 1. The predicted octanol–water partition coefficient (Wildman–Crippen LogP) is 1.76. The lowest BCUT2D eigenvalue weighted by molar-refractivity contribution is 0.0696. The van der Waals surface area contributed by atoms with Crippen LogP contribution in [-0.4, -0.2) is 68.1 Å². The zero-order chi connectivity index (χ0) is 19.7. The van der Waals surface area contributed by atoms with Crippen molar-refractivity contribution < 1.29 is 9.32 Å². The Morgan fingerprint density at radius 1 is 1.39 bits per heavy atom. The Kier molecular flexibility index (Phi) is 4.84. The number of piperidine rings is 1. The van der Waals surface area contributed by atoms with Gasteiger partial charge in [0.2, 0.25) is 5.89 Å². The number of carbonyl (C=O) groups excluding carboxylic acids is 1. The summed E-state index contributed by atoms with van der Waals surface area (Å²) >= 11 is 0.